The Morgan fingerprint density at radius 2 is 2.13 bits per heavy atom. The zero-order valence-electron chi connectivity index (χ0n) is 13.3. The first-order valence-corrected chi connectivity index (χ1v) is 7.83. The number of aromatic nitrogens is 1. The average molecular weight is 315 g/mol. The van der Waals surface area contributed by atoms with Gasteiger partial charge in [0.25, 0.3) is 0 Å². The van der Waals surface area contributed by atoms with E-state index >= 15 is 0 Å². The van der Waals surface area contributed by atoms with Crippen LogP contribution in [0.15, 0.2) is 34.9 Å². The van der Waals surface area contributed by atoms with Crippen LogP contribution in [0.2, 0.25) is 0 Å². The Hall–Kier alpha value is -2.34. The second-order valence-electron chi connectivity index (χ2n) is 6.12. The van der Waals surface area contributed by atoms with E-state index in [2.05, 4.69) is 24.1 Å². The van der Waals surface area contributed by atoms with Crippen molar-refractivity contribution in [3.63, 3.8) is 0 Å². The van der Waals surface area contributed by atoms with Gasteiger partial charge in [-0.15, -0.1) is 0 Å². The number of benzene rings is 1. The Labute approximate surface area is 135 Å². The molecule has 2 N–H and O–H groups in total. The number of hydrogen-bond donors (Lipinski definition) is 2. The first-order chi connectivity index (χ1) is 11.0. The molecule has 122 valence electrons. The monoisotopic (exact) mass is 315 g/mol. The minimum Gasteiger partial charge on any atom is -0.441 e. The number of nitrogens with zero attached hydrogens (tertiary/aromatic N) is 2. The lowest BCUT2D eigenvalue weighted by Gasteiger charge is -2.16. The number of aliphatic hydroxyl groups excluding tert-OH is 1. The van der Waals surface area contributed by atoms with Gasteiger partial charge >= 0.3 is 6.03 Å². The number of aliphatic hydroxyl groups is 1. The molecule has 0 aliphatic carbocycles. The molecule has 0 unspecified atom stereocenters. The second kappa shape index (κ2) is 6.42. The van der Waals surface area contributed by atoms with Crippen LogP contribution in [0.25, 0.3) is 11.5 Å². The summed E-state index contributed by atoms with van der Waals surface area (Å²) in [6, 6.07) is 7.18. The number of nitrogens with one attached hydrogen (secondary N) is 1. The molecule has 2 aromatic rings. The summed E-state index contributed by atoms with van der Waals surface area (Å²) in [7, 11) is 0. The van der Waals surface area contributed by atoms with Crippen LogP contribution < -0.4 is 5.32 Å². The van der Waals surface area contributed by atoms with E-state index in [1.165, 1.54) is 0 Å². The van der Waals surface area contributed by atoms with Crippen LogP contribution in [0.4, 0.5) is 10.5 Å². The minimum atomic E-state index is -0.414. The van der Waals surface area contributed by atoms with E-state index in [0.717, 1.165) is 11.3 Å². The number of likely N-dealkylation sites (tertiary alicyclic amines) is 1. The van der Waals surface area contributed by atoms with Crippen LogP contribution in [0, 0.1) is 0 Å². The summed E-state index contributed by atoms with van der Waals surface area (Å²) in [6.45, 7) is 5.08. The van der Waals surface area contributed by atoms with Crippen molar-refractivity contribution in [3.8, 4) is 11.5 Å². The van der Waals surface area contributed by atoms with Gasteiger partial charge < -0.3 is 19.7 Å². The van der Waals surface area contributed by atoms with Crippen LogP contribution in [0.5, 0.6) is 0 Å². The largest absolute Gasteiger partial charge is 0.441 e. The molecular weight excluding hydrogens is 294 g/mol. The first kappa shape index (κ1) is 15.6. The summed E-state index contributed by atoms with van der Waals surface area (Å²) >= 11 is 0. The molecule has 1 aromatic heterocycles. The van der Waals surface area contributed by atoms with E-state index in [-0.39, 0.29) is 6.03 Å². The number of amides is 2. The van der Waals surface area contributed by atoms with Gasteiger partial charge in [0, 0.05) is 30.3 Å². The molecule has 1 aliphatic heterocycles. The SMILES string of the molecule is CC(C)c1cnc(-c2ccc(NC(=O)N3CC[C@H](O)C3)cc2)o1. The van der Waals surface area contributed by atoms with Gasteiger partial charge in [-0.3, -0.25) is 0 Å². The predicted molar refractivity (Wildman–Crippen MR) is 87.2 cm³/mol. The lowest BCUT2D eigenvalue weighted by Crippen LogP contribution is -2.33. The van der Waals surface area contributed by atoms with E-state index < -0.39 is 6.10 Å². The quantitative estimate of drug-likeness (QED) is 0.912. The van der Waals surface area contributed by atoms with Crippen molar-refractivity contribution in [3.05, 3.63) is 36.2 Å². The van der Waals surface area contributed by atoms with Crippen LogP contribution >= 0.6 is 0 Å². The zero-order valence-corrected chi connectivity index (χ0v) is 13.3. The maximum Gasteiger partial charge on any atom is 0.321 e. The molecule has 3 rings (SSSR count). The highest BCUT2D eigenvalue weighted by atomic mass is 16.4. The first-order valence-electron chi connectivity index (χ1n) is 7.83. The van der Waals surface area contributed by atoms with Gasteiger partial charge in [-0.2, -0.15) is 0 Å². The van der Waals surface area contributed by atoms with E-state index in [0.29, 0.717) is 37.0 Å². The van der Waals surface area contributed by atoms with E-state index in [1.54, 1.807) is 11.1 Å². The molecule has 23 heavy (non-hydrogen) atoms. The zero-order chi connectivity index (χ0) is 16.4. The standard InChI is InChI=1S/C17H21N3O3/c1-11(2)15-9-18-16(23-15)12-3-5-13(6-4-12)19-17(22)20-8-7-14(21)10-20/h3-6,9,11,14,21H,7-8,10H2,1-2H3,(H,19,22)/t14-/m0/s1. The smallest absolute Gasteiger partial charge is 0.321 e. The minimum absolute atomic E-state index is 0.187. The highest BCUT2D eigenvalue weighted by molar-refractivity contribution is 5.89. The Balaban J connectivity index is 1.65. The van der Waals surface area contributed by atoms with Gasteiger partial charge in [0.15, 0.2) is 0 Å². The summed E-state index contributed by atoms with van der Waals surface area (Å²) < 4.78 is 5.71. The van der Waals surface area contributed by atoms with Crippen LogP contribution in [-0.2, 0) is 0 Å². The fourth-order valence-electron chi connectivity index (χ4n) is 2.51. The molecule has 2 heterocycles. The molecule has 6 heteroatoms. The van der Waals surface area contributed by atoms with Crippen molar-refractivity contribution in [2.24, 2.45) is 0 Å². The van der Waals surface area contributed by atoms with Gasteiger partial charge in [0.2, 0.25) is 5.89 Å². The fraction of sp³-hybridized carbons (Fsp3) is 0.412. The van der Waals surface area contributed by atoms with Gasteiger partial charge in [-0.25, -0.2) is 9.78 Å². The lowest BCUT2D eigenvalue weighted by molar-refractivity contribution is 0.176. The summed E-state index contributed by atoms with van der Waals surface area (Å²) in [5, 5.41) is 12.3. The third-order valence-corrected chi connectivity index (χ3v) is 3.93. The maximum absolute atomic E-state index is 12.1. The summed E-state index contributed by atoms with van der Waals surface area (Å²) in [4.78, 5) is 18.0. The van der Waals surface area contributed by atoms with E-state index in [1.807, 2.05) is 24.3 Å². The second-order valence-corrected chi connectivity index (χ2v) is 6.12. The van der Waals surface area contributed by atoms with E-state index in [9.17, 15) is 9.90 Å². The molecule has 1 saturated heterocycles. The number of hydrogen-bond acceptors (Lipinski definition) is 4. The van der Waals surface area contributed by atoms with Crippen molar-refractivity contribution < 1.29 is 14.3 Å². The summed E-state index contributed by atoms with van der Waals surface area (Å²) in [5.74, 6) is 1.73. The Bertz CT molecular complexity index is 679. The molecule has 1 aromatic carbocycles. The van der Waals surface area contributed by atoms with Gasteiger partial charge in [0.1, 0.15) is 5.76 Å². The Kier molecular flexibility index (Phi) is 4.34. The van der Waals surface area contributed by atoms with Gasteiger partial charge in [0.05, 0.1) is 12.3 Å². The molecule has 2 amide bonds. The third kappa shape index (κ3) is 3.53. The lowest BCUT2D eigenvalue weighted by atomic mass is 10.2. The molecule has 1 atom stereocenters. The van der Waals surface area contributed by atoms with Crippen molar-refractivity contribution in [2.45, 2.75) is 32.3 Å². The van der Waals surface area contributed by atoms with Crippen LogP contribution in [-0.4, -0.2) is 40.2 Å². The highest BCUT2D eigenvalue weighted by Gasteiger charge is 2.24. The van der Waals surface area contributed by atoms with Crippen LogP contribution in [0.3, 0.4) is 0 Å². The number of rotatable bonds is 3. The van der Waals surface area contributed by atoms with E-state index in [4.69, 9.17) is 4.42 Å². The number of carbonyl (C=O) groups excluding carboxylic acids is 1. The van der Waals surface area contributed by atoms with Gasteiger partial charge in [-0.05, 0) is 30.7 Å². The third-order valence-electron chi connectivity index (χ3n) is 3.93. The molecule has 6 nitrogen and oxygen atoms in total. The molecule has 0 radical (unpaired) electrons. The number of oxazole rings is 1. The highest BCUT2D eigenvalue weighted by Crippen LogP contribution is 2.24. The predicted octanol–water partition coefficient (Wildman–Crippen LogP) is 3.06. The summed E-state index contributed by atoms with van der Waals surface area (Å²) in [6.07, 6.45) is 1.96. The van der Waals surface area contributed by atoms with Crippen molar-refractivity contribution in [1.82, 2.24) is 9.88 Å². The molecule has 1 fully saturated rings. The molecule has 0 saturated carbocycles. The van der Waals surface area contributed by atoms with Gasteiger partial charge in [-0.1, -0.05) is 13.8 Å². The molecular formula is C17H21N3O3. The van der Waals surface area contributed by atoms with Crippen molar-refractivity contribution in [1.29, 1.82) is 0 Å². The fourth-order valence-corrected chi connectivity index (χ4v) is 2.51. The van der Waals surface area contributed by atoms with Crippen molar-refractivity contribution >= 4 is 11.7 Å². The summed E-state index contributed by atoms with van der Waals surface area (Å²) in [5.41, 5.74) is 1.57. The average Bonchev–Trinajstić information content (AvgIpc) is 3.17. The number of carbonyl (C=O) groups is 1. The number of anilines is 1. The Morgan fingerprint density at radius 3 is 2.70 bits per heavy atom. The normalized spacial score (nSPS) is 17.7. The number of urea groups is 1. The number of β-amino-alcohol motifs (C(OH)–C–C–N with tert-alkyl or cyclic N) is 1. The molecule has 0 bridgehead atoms. The maximum atomic E-state index is 12.1. The van der Waals surface area contributed by atoms with Crippen molar-refractivity contribution in [2.75, 3.05) is 18.4 Å². The van der Waals surface area contributed by atoms with Crippen LogP contribution in [0.1, 0.15) is 31.9 Å². The molecule has 1 aliphatic rings. The Morgan fingerprint density at radius 1 is 1.39 bits per heavy atom. The topological polar surface area (TPSA) is 78.6 Å². The molecule has 0 spiro atoms.